The minimum absolute atomic E-state index is 0.119. The highest BCUT2D eigenvalue weighted by molar-refractivity contribution is 9.11. The minimum atomic E-state index is 0.119. The van der Waals surface area contributed by atoms with Crippen molar-refractivity contribution in [3.8, 4) is 0 Å². The number of aromatic nitrogens is 2. The number of anilines is 1. The van der Waals surface area contributed by atoms with Gasteiger partial charge in [-0.3, -0.25) is 4.79 Å². The Morgan fingerprint density at radius 1 is 1.43 bits per heavy atom. The predicted octanol–water partition coefficient (Wildman–Crippen LogP) is 3.54. The van der Waals surface area contributed by atoms with Crippen LogP contribution in [-0.4, -0.2) is 40.3 Å². The van der Waals surface area contributed by atoms with Crippen molar-refractivity contribution in [1.82, 2.24) is 15.1 Å². The molecule has 2 rings (SSSR count). The van der Waals surface area contributed by atoms with Crippen LogP contribution in [0.1, 0.15) is 11.8 Å². The number of carbonyl (C=O) groups excluding carboxylic acids is 1. The van der Waals surface area contributed by atoms with Crippen molar-refractivity contribution in [2.24, 2.45) is 0 Å². The SMILES string of the molecule is CCN(Cc1ccc(Br)s1)C(=O)CSc1nnc(NC)s1. The summed E-state index contributed by atoms with van der Waals surface area (Å²) < 4.78 is 1.89. The fourth-order valence-corrected chi connectivity index (χ4v) is 4.69. The van der Waals surface area contributed by atoms with E-state index in [1.165, 1.54) is 28.0 Å². The second kappa shape index (κ2) is 8.11. The molecule has 0 saturated carbocycles. The summed E-state index contributed by atoms with van der Waals surface area (Å²) in [5.74, 6) is 0.506. The number of nitrogens with one attached hydrogen (secondary N) is 1. The zero-order chi connectivity index (χ0) is 15.2. The van der Waals surface area contributed by atoms with Crippen molar-refractivity contribution in [2.75, 3.05) is 24.7 Å². The molecule has 2 heterocycles. The van der Waals surface area contributed by atoms with E-state index in [9.17, 15) is 4.79 Å². The summed E-state index contributed by atoms with van der Waals surface area (Å²) in [6.45, 7) is 3.35. The van der Waals surface area contributed by atoms with E-state index in [1.54, 1.807) is 18.4 Å². The number of carbonyl (C=O) groups is 1. The van der Waals surface area contributed by atoms with Crippen molar-refractivity contribution >= 4 is 61.4 Å². The molecule has 9 heteroatoms. The number of rotatable bonds is 7. The lowest BCUT2D eigenvalue weighted by Gasteiger charge is -2.19. The molecule has 114 valence electrons. The smallest absolute Gasteiger partial charge is 0.233 e. The van der Waals surface area contributed by atoms with Crippen LogP contribution in [-0.2, 0) is 11.3 Å². The van der Waals surface area contributed by atoms with Crippen LogP contribution in [0.4, 0.5) is 5.13 Å². The standard InChI is InChI=1S/C12H15BrN4OS3/c1-3-17(6-8-4-5-9(13)20-8)10(18)7-19-12-16-15-11(14-2)21-12/h4-5H,3,6-7H2,1-2H3,(H,14,15). The summed E-state index contributed by atoms with van der Waals surface area (Å²) in [4.78, 5) is 15.3. The molecular formula is C12H15BrN4OS3. The molecule has 0 bridgehead atoms. The molecule has 2 aromatic heterocycles. The second-order valence-electron chi connectivity index (χ2n) is 4.03. The van der Waals surface area contributed by atoms with Crippen LogP contribution in [0.3, 0.4) is 0 Å². The number of thiophene rings is 1. The van der Waals surface area contributed by atoms with E-state index in [1.807, 2.05) is 24.0 Å². The predicted molar refractivity (Wildman–Crippen MR) is 93.3 cm³/mol. The Hall–Kier alpha value is -0.640. The highest BCUT2D eigenvalue weighted by Gasteiger charge is 2.15. The summed E-state index contributed by atoms with van der Waals surface area (Å²) >= 11 is 7.99. The molecule has 0 unspecified atom stereocenters. The molecule has 0 spiro atoms. The molecule has 0 aliphatic heterocycles. The maximum Gasteiger partial charge on any atom is 0.233 e. The van der Waals surface area contributed by atoms with Gasteiger partial charge in [0, 0.05) is 18.5 Å². The van der Waals surface area contributed by atoms with Gasteiger partial charge < -0.3 is 10.2 Å². The van der Waals surface area contributed by atoms with Crippen LogP contribution in [0.15, 0.2) is 20.3 Å². The number of halogens is 1. The van der Waals surface area contributed by atoms with E-state index >= 15 is 0 Å². The quantitative estimate of drug-likeness (QED) is 0.712. The molecule has 0 radical (unpaired) electrons. The van der Waals surface area contributed by atoms with E-state index in [-0.39, 0.29) is 5.91 Å². The highest BCUT2D eigenvalue weighted by Crippen LogP contribution is 2.26. The first-order valence-corrected chi connectivity index (χ1v) is 9.69. The van der Waals surface area contributed by atoms with Crippen LogP contribution >= 0.6 is 50.4 Å². The zero-order valence-corrected chi connectivity index (χ0v) is 15.7. The Kier molecular flexibility index (Phi) is 6.46. The van der Waals surface area contributed by atoms with Crippen molar-refractivity contribution in [3.63, 3.8) is 0 Å². The maximum atomic E-state index is 12.3. The van der Waals surface area contributed by atoms with Crippen LogP contribution in [0, 0.1) is 0 Å². The first-order chi connectivity index (χ1) is 10.1. The maximum absolute atomic E-state index is 12.3. The lowest BCUT2D eigenvalue weighted by atomic mass is 10.4. The molecule has 0 aromatic carbocycles. The van der Waals surface area contributed by atoms with Crippen molar-refractivity contribution in [1.29, 1.82) is 0 Å². The van der Waals surface area contributed by atoms with E-state index in [2.05, 4.69) is 31.4 Å². The molecule has 2 aromatic rings. The highest BCUT2D eigenvalue weighted by atomic mass is 79.9. The summed E-state index contributed by atoms with van der Waals surface area (Å²) in [6, 6.07) is 4.05. The third-order valence-corrected chi connectivity index (χ3v) is 6.32. The Morgan fingerprint density at radius 2 is 2.24 bits per heavy atom. The first kappa shape index (κ1) is 16.7. The van der Waals surface area contributed by atoms with E-state index in [0.29, 0.717) is 18.8 Å². The Bertz CT molecular complexity index is 601. The Labute approximate surface area is 144 Å². The van der Waals surface area contributed by atoms with Gasteiger partial charge in [-0.05, 0) is 35.0 Å². The summed E-state index contributed by atoms with van der Waals surface area (Å²) in [6.07, 6.45) is 0. The van der Waals surface area contributed by atoms with E-state index < -0.39 is 0 Å². The van der Waals surface area contributed by atoms with Crippen LogP contribution in [0.25, 0.3) is 0 Å². The van der Waals surface area contributed by atoms with Crippen molar-refractivity contribution in [3.05, 3.63) is 20.8 Å². The average molecular weight is 407 g/mol. The monoisotopic (exact) mass is 406 g/mol. The van der Waals surface area contributed by atoms with Gasteiger partial charge in [-0.15, -0.1) is 21.5 Å². The van der Waals surface area contributed by atoms with Gasteiger partial charge in [-0.2, -0.15) is 0 Å². The molecule has 0 saturated heterocycles. The number of hydrogen-bond acceptors (Lipinski definition) is 7. The molecule has 0 aliphatic carbocycles. The van der Waals surface area contributed by atoms with Gasteiger partial charge in [0.2, 0.25) is 11.0 Å². The molecule has 0 aliphatic rings. The first-order valence-electron chi connectivity index (χ1n) is 6.28. The number of nitrogens with zero attached hydrogens (tertiary/aromatic N) is 3. The molecule has 1 amide bonds. The molecule has 5 nitrogen and oxygen atoms in total. The van der Waals surface area contributed by atoms with Gasteiger partial charge in [-0.25, -0.2) is 0 Å². The lowest BCUT2D eigenvalue weighted by molar-refractivity contribution is -0.128. The van der Waals surface area contributed by atoms with Gasteiger partial charge in [0.05, 0.1) is 16.1 Å². The third kappa shape index (κ3) is 4.94. The second-order valence-corrected chi connectivity index (χ2v) is 8.77. The fraction of sp³-hybridized carbons (Fsp3) is 0.417. The van der Waals surface area contributed by atoms with Gasteiger partial charge in [-0.1, -0.05) is 23.1 Å². The fourth-order valence-electron chi connectivity index (χ4n) is 1.59. The van der Waals surface area contributed by atoms with Crippen LogP contribution in [0.5, 0.6) is 0 Å². The zero-order valence-electron chi connectivity index (χ0n) is 11.6. The Morgan fingerprint density at radius 3 is 2.81 bits per heavy atom. The molecular weight excluding hydrogens is 392 g/mol. The number of amides is 1. The van der Waals surface area contributed by atoms with Gasteiger partial charge >= 0.3 is 0 Å². The summed E-state index contributed by atoms with van der Waals surface area (Å²) in [7, 11) is 1.80. The van der Waals surface area contributed by atoms with E-state index in [0.717, 1.165) is 13.3 Å². The molecule has 1 N–H and O–H groups in total. The Balaban J connectivity index is 1.87. The van der Waals surface area contributed by atoms with Gasteiger partial charge in [0.15, 0.2) is 4.34 Å². The third-order valence-electron chi connectivity index (χ3n) is 2.65. The summed E-state index contributed by atoms with van der Waals surface area (Å²) in [5, 5.41) is 11.7. The van der Waals surface area contributed by atoms with Gasteiger partial charge in [0.1, 0.15) is 0 Å². The largest absolute Gasteiger partial charge is 0.363 e. The lowest BCUT2D eigenvalue weighted by Crippen LogP contribution is -2.31. The summed E-state index contributed by atoms with van der Waals surface area (Å²) in [5.41, 5.74) is 0. The molecule has 0 fully saturated rings. The molecule has 0 atom stereocenters. The van der Waals surface area contributed by atoms with Gasteiger partial charge in [0.25, 0.3) is 0 Å². The number of hydrogen-bond donors (Lipinski definition) is 1. The minimum Gasteiger partial charge on any atom is -0.363 e. The van der Waals surface area contributed by atoms with Crippen LogP contribution < -0.4 is 5.32 Å². The average Bonchev–Trinajstić information content (AvgIpc) is 3.10. The normalized spacial score (nSPS) is 10.6. The topological polar surface area (TPSA) is 58.1 Å². The van der Waals surface area contributed by atoms with E-state index in [4.69, 9.17) is 0 Å². The molecule has 21 heavy (non-hydrogen) atoms. The number of thioether (sulfide) groups is 1. The van der Waals surface area contributed by atoms with Crippen molar-refractivity contribution < 1.29 is 4.79 Å². The van der Waals surface area contributed by atoms with Crippen molar-refractivity contribution in [2.45, 2.75) is 17.8 Å². The van der Waals surface area contributed by atoms with Crippen LogP contribution in [0.2, 0.25) is 0 Å².